The van der Waals surface area contributed by atoms with Gasteiger partial charge in [-0.25, -0.2) is 0 Å². The van der Waals surface area contributed by atoms with E-state index in [1.54, 1.807) is 7.11 Å². The predicted molar refractivity (Wildman–Crippen MR) is 95.2 cm³/mol. The minimum absolute atomic E-state index is 0.109. The van der Waals surface area contributed by atoms with E-state index in [0.717, 1.165) is 37.5 Å². The van der Waals surface area contributed by atoms with Crippen LogP contribution in [0.2, 0.25) is 0 Å². The molecule has 3 fully saturated rings. The Hall–Kier alpha value is -1.07. The Labute approximate surface area is 146 Å². The van der Waals surface area contributed by atoms with Gasteiger partial charge in [0.25, 0.3) is 0 Å². The van der Waals surface area contributed by atoms with Crippen LogP contribution in [0.3, 0.4) is 0 Å². The fourth-order valence-corrected chi connectivity index (χ4v) is 7.22. The number of rotatable bonds is 1. The molecule has 0 spiro atoms. The third-order valence-electron chi connectivity index (χ3n) is 8.34. The Kier molecular flexibility index (Phi) is 3.73. The van der Waals surface area contributed by atoms with Crippen molar-refractivity contribution in [3.8, 4) is 12.3 Å². The average Bonchev–Trinajstić information content (AvgIpc) is 2.87. The maximum absolute atomic E-state index is 11.9. The SMILES string of the molecule is C#C[C@@]1(OC)CC[C@@H]2[C@H]3[C@@H](CC[C@@]21C)[C@H]1CCC(=O)C=C1C[C@@H]3C. The number of terminal acetylenes is 1. The molecule has 130 valence electrons. The molecule has 0 bridgehead atoms. The monoisotopic (exact) mass is 326 g/mol. The van der Waals surface area contributed by atoms with Gasteiger partial charge in [-0.05, 0) is 74.2 Å². The maximum Gasteiger partial charge on any atom is 0.155 e. The van der Waals surface area contributed by atoms with Gasteiger partial charge in [-0.15, -0.1) is 6.42 Å². The van der Waals surface area contributed by atoms with Crippen LogP contribution in [0.25, 0.3) is 0 Å². The highest BCUT2D eigenvalue weighted by atomic mass is 16.5. The van der Waals surface area contributed by atoms with Crippen molar-refractivity contribution in [2.45, 2.75) is 64.4 Å². The highest BCUT2D eigenvalue weighted by Crippen LogP contribution is 2.66. The van der Waals surface area contributed by atoms with Crippen LogP contribution in [0.1, 0.15) is 58.8 Å². The minimum atomic E-state index is -0.374. The molecule has 2 heteroatoms. The van der Waals surface area contributed by atoms with E-state index in [1.165, 1.54) is 24.8 Å². The molecule has 0 N–H and O–H groups in total. The molecule has 4 aliphatic carbocycles. The lowest BCUT2D eigenvalue weighted by Gasteiger charge is -2.57. The van der Waals surface area contributed by atoms with Crippen LogP contribution in [0, 0.1) is 47.3 Å². The summed E-state index contributed by atoms with van der Waals surface area (Å²) in [6.45, 7) is 4.80. The van der Waals surface area contributed by atoms with Crippen LogP contribution in [0.15, 0.2) is 11.6 Å². The van der Waals surface area contributed by atoms with E-state index >= 15 is 0 Å². The molecular formula is C22H30O2. The largest absolute Gasteiger partial charge is 0.365 e. The second-order valence-corrected chi connectivity index (χ2v) is 9.03. The first kappa shape index (κ1) is 16.4. The van der Waals surface area contributed by atoms with Gasteiger partial charge in [-0.3, -0.25) is 4.79 Å². The fourth-order valence-electron chi connectivity index (χ4n) is 7.22. The molecule has 4 rings (SSSR count). The quantitative estimate of drug-likeness (QED) is 0.668. The maximum atomic E-state index is 11.9. The molecule has 24 heavy (non-hydrogen) atoms. The van der Waals surface area contributed by atoms with Crippen molar-refractivity contribution in [2.24, 2.45) is 35.0 Å². The van der Waals surface area contributed by atoms with Gasteiger partial charge in [0, 0.05) is 18.9 Å². The number of allylic oxidation sites excluding steroid dienone is 1. The molecule has 0 amide bonds. The van der Waals surface area contributed by atoms with Gasteiger partial charge in [0.15, 0.2) is 5.78 Å². The highest BCUT2D eigenvalue weighted by molar-refractivity contribution is 5.91. The van der Waals surface area contributed by atoms with Gasteiger partial charge in [0.2, 0.25) is 0 Å². The standard InChI is InChI=1S/C22H30O2/c1-5-22(24-4)11-9-19-20-14(2)12-15-13-16(23)6-7-17(15)18(20)8-10-21(19,22)3/h1,13-14,17-20H,6-12H2,2-4H3/t14-,17-,18-,19+,20+,21-,22+/m0/s1. The number of hydrogen-bond acceptors (Lipinski definition) is 2. The van der Waals surface area contributed by atoms with E-state index in [-0.39, 0.29) is 11.0 Å². The molecule has 3 saturated carbocycles. The van der Waals surface area contributed by atoms with Crippen LogP contribution in [-0.4, -0.2) is 18.5 Å². The molecule has 0 radical (unpaired) electrons. The summed E-state index contributed by atoms with van der Waals surface area (Å²) in [6, 6.07) is 0. The van der Waals surface area contributed by atoms with Gasteiger partial charge in [-0.1, -0.05) is 25.3 Å². The Morgan fingerprint density at radius 3 is 2.79 bits per heavy atom. The van der Waals surface area contributed by atoms with Gasteiger partial charge >= 0.3 is 0 Å². The predicted octanol–water partition coefficient (Wildman–Crippen LogP) is 4.39. The van der Waals surface area contributed by atoms with Crippen LogP contribution >= 0.6 is 0 Å². The van der Waals surface area contributed by atoms with Crippen molar-refractivity contribution in [1.29, 1.82) is 0 Å². The summed E-state index contributed by atoms with van der Waals surface area (Å²) in [5.74, 6) is 6.86. The van der Waals surface area contributed by atoms with Crippen LogP contribution in [0.5, 0.6) is 0 Å². The summed E-state index contributed by atoms with van der Waals surface area (Å²) in [5.41, 5.74) is 1.19. The summed E-state index contributed by atoms with van der Waals surface area (Å²) in [6.07, 6.45) is 15.5. The Morgan fingerprint density at radius 2 is 2.08 bits per heavy atom. The van der Waals surface area contributed by atoms with Gasteiger partial charge in [0.05, 0.1) is 0 Å². The molecule has 0 aromatic carbocycles. The normalized spacial score (nSPS) is 50.3. The smallest absolute Gasteiger partial charge is 0.155 e. The van der Waals surface area contributed by atoms with Crippen molar-refractivity contribution in [2.75, 3.05) is 7.11 Å². The second-order valence-electron chi connectivity index (χ2n) is 9.03. The first-order valence-electron chi connectivity index (χ1n) is 9.72. The molecule has 0 heterocycles. The number of carbonyl (C=O) groups excluding carboxylic acids is 1. The molecule has 0 saturated heterocycles. The molecule has 0 aromatic heterocycles. The summed E-state index contributed by atoms with van der Waals surface area (Å²) in [5, 5.41) is 0. The second kappa shape index (κ2) is 5.46. The number of hydrogen-bond donors (Lipinski definition) is 0. The Balaban J connectivity index is 1.70. The van der Waals surface area contributed by atoms with Crippen LogP contribution in [0.4, 0.5) is 0 Å². The van der Waals surface area contributed by atoms with Crippen molar-refractivity contribution in [1.82, 2.24) is 0 Å². The lowest BCUT2D eigenvalue weighted by atomic mass is 9.48. The molecule has 4 aliphatic rings. The van der Waals surface area contributed by atoms with Crippen molar-refractivity contribution in [3.05, 3.63) is 11.6 Å². The van der Waals surface area contributed by atoms with E-state index in [9.17, 15) is 4.79 Å². The zero-order chi connectivity index (χ0) is 17.1. The summed E-state index contributed by atoms with van der Waals surface area (Å²) in [4.78, 5) is 11.9. The van der Waals surface area contributed by atoms with E-state index in [0.29, 0.717) is 23.5 Å². The van der Waals surface area contributed by atoms with E-state index in [1.807, 2.05) is 6.08 Å². The van der Waals surface area contributed by atoms with E-state index < -0.39 is 0 Å². The zero-order valence-corrected chi connectivity index (χ0v) is 15.3. The Morgan fingerprint density at radius 1 is 1.29 bits per heavy atom. The molecular weight excluding hydrogens is 296 g/mol. The van der Waals surface area contributed by atoms with Crippen molar-refractivity contribution in [3.63, 3.8) is 0 Å². The first-order chi connectivity index (χ1) is 11.5. The number of ether oxygens (including phenoxy) is 1. The number of methoxy groups -OCH3 is 1. The lowest BCUT2D eigenvalue weighted by molar-refractivity contribution is -0.120. The lowest BCUT2D eigenvalue weighted by Crippen LogP contribution is -2.54. The molecule has 0 aliphatic heterocycles. The molecule has 7 atom stereocenters. The zero-order valence-electron chi connectivity index (χ0n) is 15.3. The van der Waals surface area contributed by atoms with Crippen LogP contribution < -0.4 is 0 Å². The van der Waals surface area contributed by atoms with E-state index in [2.05, 4.69) is 19.8 Å². The molecule has 0 aromatic rings. The van der Waals surface area contributed by atoms with Crippen LogP contribution in [-0.2, 0) is 9.53 Å². The molecule has 2 nitrogen and oxygen atoms in total. The highest BCUT2D eigenvalue weighted by Gasteiger charge is 2.63. The third-order valence-corrected chi connectivity index (χ3v) is 8.34. The number of carbonyl (C=O) groups is 1. The summed E-state index contributed by atoms with van der Waals surface area (Å²) in [7, 11) is 1.80. The van der Waals surface area contributed by atoms with Gasteiger partial charge in [-0.2, -0.15) is 0 Å². The van der Waals surface area contributed by atoms with Crippen molar-refractivity contribution >= 4 is 5.78 Å². The number of fused-ring (bicyclic) bond motifs is 5. The topological polar surface area (TPSA) is 26.3 Å². The molecule has 0 unspecified atom stereocenters. The average molecular weight is 326 g/mol. The van der Waals surface area contributed by atoms with Crippen molar-refractivity contribution < 1.29 is 9.53 Å². The first-order valence-corrected chi connectivity index (χ1v) is 9.72. The third kappa shape index (κ3) is 1.97. The van der Waals surface area contributed by atoms with Gasteiger partial charge in [0.1, 0.15) is 5.60 Å². The number of ketones is 1. The summed E-state index contributed by atoms with van der Waals surface area (Å²) < 4.78 is 5.96. The fraction of sp³-hybridized carbons (Fsp3) is 0.773. The van der Waals surface area contributed by atoms with Gasteiger partial charge < -0.3 is 4.74 Å². The Bertz CT molecular complexity index is 626. The summed E-state index contributed by atoms with van der Waals surface area (Å²) >= 11 is 0. The minimum Gasteiger partial charge on any atom is -0.365 e. The van der Waals surface area contributed by atoms with E-state index in [4.69, 9.17) is 11.2 Å².